The van der Waals surface area contributed by atoms with E-state index in [1.807, 2.05) is 6.07 Å². The summed E-state index contributed by atoms with van der Waals surface area (Å²) >= 11 is 0. The average Bonchev–Trinajstić information content (AvgIpc) is 3.10. The van der Waals surface area contributed by atoms with Gasteiger partial charge in [-0.15, -0.1) is 0 Å². The van der Waals surface area contributed by atoms with E-state index in [9.17, 15) is 14.4 Å². The number of imide groups is 1. The van der Waals surface area contributed by atoms with E-state index in [4.69, 9.17) is 0 Å². The van der Waals surface area contributed by atoms with Crippen LogP contribution in [-0.2, 0) is 16.1 Å². The molecule has 0 spiro atoms. The molecule has 31 heavy (non-hydrogen) atoms. The first kappa shape index (κ1) is 20.5. The highest BCUT2D eigenvalue weighted by molar-refractivity contribution is 6.05. The maximum Gasteiger partial charge on any atom is 0.255 e. The fourth-order valence-corrected chi connectivity index (χ4v) is 5.77. The van der Waals surface area contributed by atoms with Crippen molar-refractivity contribution in [3.63, 3.8) is 0 Å². The molecule has 7 heteroatoms. The van der Waals surface area contributed by atoms with Gasteiger partial charge in [-0.05, 0) is 87.2 Å². The monoisotopic (exact) mass is 424 g/mol. The van der Waals surface area contributed by atoms with Crippen LogP contribution in [0.3, 0.4) is 0 Å². The summed E-state index contributed by atoms with van der Waals surface area (Å²) in [7, 11) is 0. The van der Waals surface area contributed by atoms with E-state index in [1.54, 1.807) is 4.90 Å². The predicted molar refractivity (Wildman–Crippen MR) is 118 cm³/mol. The van der Waals surface area contributed by atoms with Crippen LogP contribution in [0.2, 0.25) is 0 Å². The van der Waals surface area contributed by atoms with E-state index in [0.29, 0.717) is 18.5 Å². The van der Waals surface area contributed by atoms with Crippen molar-refractivity contribution in [2.24, 2.45) is 11.8 Å². The number of fused-ring (bicyclic) bond motifs is 1. The average molecular weight is 425 g/mol. The molecular weight excluding hydrogens is 392 g/mol. The minimum absolute atomic E-state index is 0.100. The van der Waals surface area contributed by atoms with Crippen molar-refractivity contribution in [3.05, 3.63) is 29.3 Å². The third-order valence-corrected chi connectivity index (χ3v) is 7.61. The van der Waals surface area contributed by atoms with Crippen LogP contribution < -0.4 is 15.5 Å². The SMILES string of the molecule is O=C1CCC(N2Cc3cc(N4CCC(CC5CCNCC5)CC4)ccc3C2=O)C(=O)N1. The van der Waals surface area contributed by atoms with Crippen LogP contribution in [0.1, 0.15) is 60.9 Å². The topological polar surface area (TPSA) is 81.8 Å². The molecule has 3 saturated heterocycles. The molecule has 0 aliphatic carbocycles. The van der Waals surface area contributed by atoms with Crippen molar-refractivity contribution in [1.29, 1.82) is 0 Å². The normalized spacial score (nSPS) is 25.7. The van der Waals surface area contributed by atoms with E-state index < -0.39 is 6.04 Å². The van der Waals surface area contributed by atoms with Crippen LogP contribution in [0.25, 0.3) is 0 Å². The van der Waals surface area contributed by atoms with Crippen molar-refractivity contribution < 1.29 is 14.4 Å². The second-order valence-corrected chi connectivity index (χ2v) is 9.60. The summed E-state index contributed by atoms with van der Waals surface area (Å²) in [5, 5.41) is 5.83. The lowest BCUT2D eigenvalue weighted by Crippen LogP contribution is -2.52. The van der Waals surface area contributed by atoms with Crippen LogP contribution >= 0.6 is 0 Å². The Morgan fingerprint density at radius 1 is 0.935 bits per heavy atom. The van der Waals surface area contributed by atoms with Crippen molar-refractivity contribution >= 4 is 23.4 Å². The number of piperidine rings is 3. The number of rotatable bonds is 4. The summed E-state index contributed by atoms with van der Waals surface area (Å²) in [6, 6.07) is 5.55. The third kappa shape index (κ3) is 4.20. The van der Waals surface area contributed by atoms with Gasteiger partial charge in [0.15, 0.2) is 0 Å². The fraction of sp³-hybridized carbons (Fsp3) is 0.625. The Hall–Kier alpha value is -2.41. The zero-order chi connectivity index (χ0) is 21.4. The molecule has 1 aromatic rings. The summed E-state index contributed by atoms with van der Waals surface area (Å²) < 4.78 is 0. The van der Waals surface area contributed by atoms with Gasteiger partial charge >= 0.3 is 0 Å². The van der Waals surface area contributed by atoms with Crippen molar-refractivity contribution in [2.45, 2.75) is 57.5 Å². The Morgan fingerprint density at radius 3 is 2.42 bits per heavy atom. The van der Waals surface area contributed by atoms with Crippen LogP contribution in [-0.4, -0.2) is 54.8 Å². The summed E-state index contributed by atoms with van der Waals surface area (Å²) in [5.41, 5.74) is 2.86. The van der Waals surface area contributed by atoms with Crippen molar-refractivity contribution in [2.75, 3.05) is 31.1 Å². The predicted octanol–water partition coefficient (Wildman–Crippen LogP) is 2.05. The first-order valence-corrected chi connectivity index (χ1v) is 11.8. The van der Waals surface area contributed by atoms with Gasteiger partial charge in [-0.1, -0.05) is 0 Å². The number of benzene rings is 1. The minimum atomic E-state index is -0.549. The second-order valence-electron chi connectivity index (χ2n) is 9.60. The highest BCUT2D eigenvalue weighted by atomic mass is 16.2. The fourth-order valence-electron chi connectivity index (χ4n) is 5.77. The Bertz CT molecular complexity index is 872. The number of hydrogen-bond acceptors (Lipinski definition) is 5. The van der Waals surface area contributed by atoms with Gasteiger partial charge in [-0.25, -0.2) is 0 Å². The molecule has 4 aliphatic rings. The molecule has 1 atom stereocenters. The number of hydrogen-bond donors (Lipinski definition) is 2. The van der Waals surface area contributed by atoms with Crippen LogP contribution in [0, 0.1) is 11.8 Å². The molecule has 2 N–H and O–H groups in total. The number of carbonyl (C=O) groups is 3. The first-order chi connectivity index (χ1) is 15.1. The number of anilines is 1. The van der Waals surface area contributed by atoms with Crippen molar-refractivity contribution in [3.8, 4) is 0 Å². The zero-order valence-corrected chi connectivity index (χ0v) is 18.1. The van der Waals surface area contributed by atoms with Gasteiger partial charge in [-0.3, -0.25) is 19.7 Å². The lowest BCUT2D eigenvalue weighted by Gasteiger charge is -2.36. The molecule has 0 aromatic heterocycles. The number of nitrogens with one attached hydrogen (secondary N) is 2. The largest absolute Gasteiger partial charge is 0.372 e. The number of carbonyl (C=O) groups excluding carboxylic acids is 3. The third-order valence-electron chi connectivity index (χ3n) is 7.61. The Labute approximate surface area is 183 Å². The molecular formula is C24H32N4O3. The molecule has 7 nitrogen and oxygen atoms in total. The maximum absolute atomic E-state index is 12.9. The van der Waals surface area contributed by atoms with Gasteiger partial charge in [0.2, 0.25) is 11.8 Å². The highest BCUT2D eigenvalue weighted by Crippen LogP contribution is 2.34. The smallest absolute Gasteiger partial charge is 0.255 e. The Balaban J connectivity index is 1.21. The minimum Gasteiger partial charge on any atom is -0.372 e. The molecule has 1 aromatic carbocycles. The van der Waals surface area contributed by atoms with Gasteiger partial charge in [0, 0.05) is 37.3 Å². The van der Waals surface area contributed by atoms with Gasteiger partial charge < -0.3 is 15.1 Å². The molecule has 166 valence electrons. The quantitative estimate of drug-likeness (QED) is 0.723. The molecule has 4 heterocycles. The first-order valence-electron chi connectivity index (χ1n) is 11.8. The Morgan fingerprint density at radius 2 is 1.68 bits per heavy atom. The molecule has 0 saturated carbocycles. The van der Waals surface area contributed by atoms with Gasteiger partial charge in [0.05, 0.1) is 0 Å². The molecule has 3 fully saturated rings. The standard InChI is InChI=1S/C24H32N4O3/c29-22-4-3-21(23(30)26-22)28-15-18-14-19(1-2-20(18)24(28)31)27-11-7-17(8-12-27)13-16-5-9-25-10-6-16/h1-2,14,16-17,21,25H,3-13,15H2,(H,26,29,30). The van der Waals surface area contributed by atoms with Crippen LogP contribution in [0.5, 0.6) is 0 Å². The zero-order valence-electron chi connectivity index (χ0n) is 18.1. The van der Waals surface area contributed by atoms with Gasteiger partial charge in [0.25, 0.3) is 5.91 Å². The molecule has 0 bridgehead atoms. The van der Waals surface area contributed by atoms with E-state index in [-0.39, 0.29) is 24.1 Å². The van der Waals surface area contributed by atoms with E-state index in [2.05, 4.69) is 27.7 Å². The molecule has 3 amide bonds. The maximum atomic E-state index is 12.9. The lowest BCUT2D eigenvalue weighted by molar-refractivity contribution is -0.136. The van der Waals surface area contributed by atoms with E-state index in [0.717, 1.165) is 30.5 Å². The summed E-state index contributed by atoms with van der Waals surface area (Å²) in [6.07, 6.45) is 7.18. The van der Waals surface area contributed by atoms with Crippen LogP contribution in [0.15, 0.2) is 18.2 Å². The number of amides is 3. The number of nitrogens with zero attached hydrogens (tertiary/aromatic N) is 2. The second kappa shape index (κ2) is 8.61. The van der Waals surface area contributed by atoms with Crippen LogP contribution in [0.4, 0.5) is 5.69 Å². The van der Waals surface area contributed by atoms with Gasteiger partial charge in [-0.2, -0.15) is 0 Å². The van der Waals surface area contributed by atoms with E-state index >= 15 is 0 Å². The molecule has 5 rings (SSSR count). The molecule has 0 radical (unpaired) electrons. The van der Waals surface area contributed by atoms with Gasteiger partial charge in [0.1, 0.15) is 6.04 Å². The summed E-state index contributed by atoms with van der Waals surface area (Å²) in [4.78, 5) is 40.6. The van der Waals surface area contributed by atoms with E-state index in [1.165, 1.54) is 50.9 Å². The van der Waals surface area contributed by atoms with Crippen molar-refractivity contribution in [1.82, 2.24) is 15.5 Å². The summed E-state index contributed by atoms with van der Waals surface area (Å²) in [5.74, 6) is 1.02. The molecule has 4 aliphatic heterocycles. The molecule has 1 unspecified atom stereocenters. The highest BCUT2D eigenvalue weighted by Gasteiger charge is 2.39. The summed E-state index contributed by atoms with van der Waals surface area (Å²) in [6.45, 7) is 4.93. The Kier molecular flexibility index (Phi) is 5.69. The lowest BCUT2D eigenvalue weighted by atomic mass is 9.83.